The number of phenols is 1. The molecule has 0 aliphatic heterocycles. The Bertz CT molecular complexity index is 802. The first-order chi connectivity index (χ1) is 10.7. The second-order valence-corrected chi connectivity index (χ2v) is 4.51. The van der Waals surface area contributed by atoms with Gasteiger partial charge in [-0.05, 0) is 6.07 Å². The van der Waals surface area contributed by atoms with Gasteiger partial charge in [-0.3, -0.25) is 0 Å². The molecule has 0 unspecified atom stereocenters. The Morgan fingerprint density at radius 3 is 2.73 bits per heavy atom. The van der Waals surface area contributed by atoms with Gasteiger partial charge in [0.15, 0.2) is 23.0 Å². The Balaban J connectivity index is 1.87. The SMILES string of the molecule is COc1cc(OC)c(CNc2ncnc3nc[nH]c23)cc1O. The summed E-state index contributed by atoms with van der Waals surface area (Å²) in [5, 5.41) is 13.1. The van der Waals surface area contributed by atoms with Crippen molar-refractivity contribution < 1.29 is 14.6 Å². The molecule has 114 valence electrons. The summed E-state index contributed by atoms with van der Waals surface area (Å²) in [4.78, 5) is 15.3. The molecule has 8 heteroatoms. The summed E-state index contributed by atoms with van der Waals surface area (Å²) in [6.07, 6.45) is 3.00. The van der Waals surface area contributed by atoms with Gasteiger partial charge < -0.3 is 24.9 Å². The lowest BCUT2D eigenvalue weighted by Gasteiger charge is -2.13. The van der Waals surface area contributed by atoms with E-state index < -0.39 is 0 Å². The summed E-state index contributed by atoms with van der Waals surface area (Å²) < 4.78 is 10.4. The predicted octanol–water partition coefficient (Wildman–Crippen LogP) is 1.69. The maximum Gasteiger partial charge on any atom is 0.182 e. The molecule has 3 aromatic rings. The van der Waals surface area contributed by atoms with Crippen LogP contribution in [-0.4, -0.2) is 39.3 Å². The number of hydrogen-bond donors (Lipinski definition) is 3. The van der Waals surface area contributed by atoms with Crippen LogP contribution in [0.4, 0.5) is 5.82 Å². The number of aromatic nitrogens is 4. The van der Waals surface area contributed by atoms with Gasteiger partial charge in [0.2, 0.25) is 0 Å². The highest BCUT2D eigenvalue weighted by Crippen LogP contribution is 2.34. The van der Waals surface area contributed by atoms with Crippen molar-refractivity contribution >= 4 is 17.0 Å². The van der Waals surface area contributed by atoms with Gasteiger partial charge in [0.1, 0.15) is 17.6 Å². The van der Waals surface area contributed by atoms with Crippen LogP contribution in [0.5, 0.6) is 17.2 Å². The zero-order chi connectivity index (χ0) is 15.5. The summed E-state index contributed by atoms with van der Waals surface area (Å²) in [5.74, 6) is 1.64. The molecule has 0 atom stereocenters. The minimum atomic E-state index is 0.0504. The largest absolute Gasteiger partial charge is 0.504 e. The van der Waals surface area contributed by atoms with Gasteiger partial charge >= 0.3 is 0 Å². The van der Waals surface area contributed by atoms with E-state index in [1.165, 1.54) is 13.4 Å². The third kappa shape index (κ3) is 2.46. The highest BCUT2D eigenvalue weighted by Gasteiger charge is 2.12. The minimum Gasteiger partial charge on any atom is -0.504 e. The Morgan fingerprint density at radius 1 is 1.14 bits per heavy atom. The van der Waals surface area contributed by atoms with E-state index in [0.29, 0.717) is 29.5 Å². The van der Waals surface area contributed by atoms with Crippen LogP contribution in [0.25, 0.3) is 11.2 Å². The van der Waals surface area contributed by atoms with Crippen molar-refractivity contribution in [2.45, 2.75) is 6.54 Å². The number of rotatable bonds is 5. The Hall–Kier alpha value is -3.03. The summed E-state index contributed by atoms with van der Waals surface area (Å²) >= 11 is 0. The van der Waals surface area contributed by atoms with Gasteiger partial charge in [-0.1, -0.05) is 0 Å². The fourth-order valence-electron chi connectivity index (χ4n) is 2.16. The van der Waals surface area contributed by atoms with Crippen LogP contribution in [0.3, 0.4) is 0 Å². The Labute approximate surface area is 126 Å². The fraction of sp³-hybridized carbons (Fsp3) is 0.214. The van der Waals surface area contributed by atoms with Crippen molar-refractivity contribution in [2.75, 3.05) is 19.5 Å². The summed E-state index contributed by atoms with van der Waals surface area (Å²) in [6, 6.07) is 3.23. The average molecular weight is 301 g/mol. The molecule has 22 heavy (non-hydrogen) atoms. The smallest absolute Gasteiger partial charge is 0.182 e. The van der Waals surface area contributed by atoms with E-state index in [-0.39, 0.29) is 5.75 Å². The summed E-state index contributed by atoms with van der Waals surface area (Å²) in [5.41, 5.74) is 2.08. The number of aromatic hydroxyl groups is 1. The first-order valence-electron chi connectivity index (χ1n) is 6.54. The van der Waals surface area contributed by atoms with Crippen LogP contribution in [0.1, 0.15) is 5.56 Å². The van der Waals surface area contributed by atoms with E-state index in [0.717, 1.165) is 11.1 Å². The number of H-pyrrole nitrogens is 1. The van der Waals surface area contributed by atoms with Crippen LogP contribution in [0, 0.1) is 0 Å². The van der Waals surface area contributed by atoms with E-state index in [1.54, 1.807) is 25.6 Å². The fourth-order valence-corrected chi connectivity index (χ4v) is 2.16. The molecule has 3 rings (SSSR count). The maximum absolute atomic E-state index is 9.90. The Morgan fingerprint density at radius 2 is 1.95 bits per heavy atom. The average Bonchev–Trinajstić information content (AvgIpc) is 3.02. The van der Waals surface area contributed by atoms with Crippen molar-refractivity contribution in [2.24, 2.45) is 0 Å². The third-order valence-corrected chi connectivity index (χ3v) is 3.25. The number of nitrogens with one attached hydrogen (secondary N) is 2. The molecule has 0 radical (unpaired) electrons. The first kappa shape index (κ1) is 13.9. The molecule has 0 aliphatic rings. The lowest BCUT2D eigenvalue weighted by Crippen LogP contribution is -2.04. The number of fused-ring (bicyclic) bond motifs is 1. The molecule has 0 saturated heterocycles. The molecule has 0 aliphatic carbocycles. The quantitative estimate of drug-likeness (QED) is 0.658. The molecular formula is C14H15N5O3. The van der Waals surface area contributed by atoms with Gasteiger partial charge in [-0.25, -0.2) is 15.0 Å². The highest BCUT2D eigenvalue weighted by molar-refractivity contribution is 5.81. The second kappa shape index (κ2) is 5.76. The molecule has 2 aromatic heterocycles. The van der Waals surface area contributed by atoms with Gasteiger partial charge in [-0.15, -0.1) is 0 Å². The van der Waals surface area contributed by atoms with Crippen molar-refractivity contribution in [1.82, 2.24) is 19.9 Å². The van der Waals surface area contributed by atoms with Crippen LogP contribution in [0.15, 0.2) is 24.8 Å². The van der Waals surface area contributed by atoms with Gasteiger partial charge in [0.25, 0.3) is 0 Å². The molecule has 8 nitrogen and oxygen atoms in total. The van der Waals surface area contributed by atoms with Crippen LogP contribution in [0.2, 0.25) is 0 Å². The number of aromatic amines is 1. The van der Waals surface area contributed by atoms with Crippen molar-refractivity contribution in [1.29, 1.82) is 0 Å². The van der Waals surface area contributed by atoms with Crippen LogP contribution < -0.4 is 14.8 Å². The van der Waals surface area contributed by atoms with Crippen molar-refractivity contribution in [3.05, 3.63) is 30.4 Å². The van der Waals surface area contributed by atoms with Gasteiger partial charge in [-0.2, -0.15) is 0 Å². The van der Waals surface area contributed by atoms with Crippen molar-refractivity contribution in [3.8, 4) is 17.2 Å². The van der Waals surface area contributed by atoms with Crippen LogP contribution in [-0.2, 0) is 6.54 Å². The summed E-state index contributed by atoms with van der Waals surface area (Å²) in [7, 11) is 3.05. The molecule has 0 bridgehead atoms. The van der Waals surface area contributed by atoms with Crippen molar-refractivity contribution in [3.63, 3.8) is 0 Å². The van der Waals surface area contributed by atoms with E-state index in [4.69, 9.17) is 9.47 Å². The zero-order valence-corrected chi connectivity index (χ0v) is 12.1. The summed E-state index contributed by atoms with van der Waals surface area (Å²) in [6.45, 7) is 0.409. The third-order valence-electron chi connectivity index (χ3n) is 3.25. The molecule has 0 saturated carbocycles. The molecule has 3 N–H and O–H groups in total. The van der Waals surface area contributed by atoms with E-state index >= 15 is 0 Å². The lowest BCUT2D eigenvalue weighted by molar-refractivity contribution is 0.362. The molecule has 0 spiro atoms. The minimum absolute atomic E-state index is 0.0504. The number of imidazole rings is 1. The first-order valence-corrected chi connectivity index (χ1v) is 6.54. The monoisotopic (exact) mass is 301 g/mol. The zero-order valence-electron chi connectivity index (χ0n) is 12.1. The Kier molecular flexibility index (Phi) is 3.65. The van der Waals surface area contributed by atoms with E-state index in [2.05, 4.69) is 25.3 Å². The number of benzene rings is 1. The second-order valence-electron chi connectivity index (χ2n) is 4.51. The molecular weight excluding hydrogens is 286 g/mol. The standard InChI is InChI=1S/C14H15N5O3/c1-21-10-4-11(22-2)9(20)3-8(10)5-15-13-12-14(17-6-16-12)19-7-18-13/h3-4,6-7,20H,5H2,1-2H3,(H2,15,16,17,18,19). The number of methoxy groups -OCH3 is 2. The van der Waals surface area contributed by atoms with Gasteiger partial charge in [0, 0.05) is 18.2 Å². The topological polar surface area (TPSA) is 105 Å². The normalized spacial score (nSPS) is 10.6. The molecule has 1 aromatic carbocycles. The number of anilines is 1. The highest BCUT2D eigenvalue weighted by atomic mass is 16.5. The molecule has 2 heterocycles. The maximum atomic E-state index is 9.90. The number of hydrogen-bond acceptors (Lipinski definition) is 7. The van der Waals surface area contributed by atoms with E-state index in [1.807, 2.05) is 0 Å². The lowest BCUT2D eigenvalue weighted by atomic mass is 10.1. The van der Waals surface area contributed by atoms with Gasteiger partial charge in [0.05, 0.1) is 20.5 Å². The number of phenolic OH excluding ortho intramolecular Hbond substituents is 1. The molecule has 0 amide bonds. The van der Waals surface area contributed by atoms with Crippen LogP contribution >= 0.6 is 0 Å². The molecule has 0 fully saturated rings. The predicted molar refractivity (Wildman–Crippen MR) is 80.2 cm³/mol. The number of ether oxygens (including phenoxy) is 2. The van der Waals surface area contributed by atoms with E-state index in [9.17, 15) is 5.11 Å². The number of nitrogens with zero attached hydrogens (tertiary/aromatic N) is 3.